The van der Waals surface area contributed by atoms with Crippen LogP contribution in [0.15, 0.2) is 63.6 Å². The highest BCUT2D eigenvalue weighted by atomic mass is 79.9. The van der Waals surface area contributed by atoms with E-state index in [1.165, 1.54) is 0 Å². The average Bonchev–Trinajstić information content (AvgIpc) is 3.11. The zero-order chi connectivity index (χ0) is 17.6. The molecular formula is C19H18BrN3O2. The van der Waals surface area contributed by atoms with Gasteiger partial charge >= 0.3 is 0 Å². The molecule has 0 atom stereocenters. The Labute approximate surface area is 154 Å². The van der Waals surface area contributed by atoms with Crippen molar-refractivity contribution in [3.05, 3.63) is 70.5 Å². The molecule has 0 saturated carbocycles. The largest absolute Gasteiger partial charge is 0.341 e. The highest BCUT2D eigenvalue weighted by molar-refractivity contribution is 9.10. The average molecular weight is 400 g/mol. The Morgan fingerprint density at radius 2 is 1.84 bits per heavy atom. The first-order valence-electron chi connectivity index (χ1n) is 7.98. The van der Waals surface area contributed by atoms with Gasteiger partial charge in [-0.05, 0) is 17.7 Å². The van der Waals surface area contributed by atoms with E-state index in [9.17, 15) is 4.79 Å². The molecule has 0 spiro atoms. The summed E-state index contributed by atoms with van der Waals surface area (Å²) >= 11 is 3.41. The highest BCUT2D eigenvalue weighted by Crippen LogP contribution is 2.16. The Morgan fingerprint density at radius 1 is 1.12 bits per heavy atom. The van der Waals surface area contributed by atoms with Crippen LogP contribution < -0.4 is 0 Å². The van der Waals surface area contributed by atoms with Gasteiger partial charge in [0.05, 0.1) is 0 Å². The topological polar surface area (TPSA) is 59.2 Å². The monoisotopic (exact) mass is 399 g/mol. The minimum atomic E-state index is 0.0439. The van der Waals surface area contributed by atoms with E-state index in [0.717, 1.165) is 15.6 Å². The Kier molecular flexibility index (Phi) is 5.60. The van der Waals surface area contributed by atoms with E-state index < -0.39 is 0 Å². The van der Waals surface area contributed by atoms with Gasteiger partial charge < -0.3 is 9.42 Å². The van der Waals surface area contributed by atoms with Crippen LogP contribution in [0.5, 0.6) is 0 Å². The predicted octanol–water partition coefficient (Wildman–Crippen LogP) is 4.09. The fourth-order valence-electron chi connectivity index (χ4n) is 2.42. The lowest BCUT2D eigenvalue weighted by Gasteiger charge is -2.16. The van der Waals surface area contributed by atoms with E-state index >= 15 is 0 Å². The molecule has 0 radical (unpaired) electrons. The predicted molar refractivity (Wildman–Crippen MR) is 98.7 cm³/mol. The van der Waals surface area contributed by atoms with E-state index in [1.807, 2.05) is 54.6 Å². The maximum absolute atomic E-state index is 12.3. The Morgan fingerprint density at radius 3 is 2.56 bits per heavy atom. The number of carbonyl (C=O) groups is 1. The number of benzene rings is 2. The van der Waals surface area contributed by atoms with Crippen LogP contribution in [0.4, 0.5) is 0 Å². The fourth-order valence-corrected chi connectivity index (χ4v) is 2.68. The quantitative estimate of drug-likeness (QED) is 0.626. The van der Waals surface area contributed by atoms with Crippen molar-refractivity contribution in [3.8, 4) is 11.4 Å². The lowest BCUT2D eigenvalue weighted by molar-refractivity contribution is -0.130. The molecule has 3 aromatic rings. The van der Waals surface area contributed by atoms with Crippen molar-refractivity contribution in [2.24, 2.45) is 0 Å². The fraction of sp³-hybridized carbons (Fsp3) is 0.211. The van der Waals surface area contributed by atoms with E-state index in [4.69, 9.17) is 4.52 Å². The summed E-state index contributed by atoms with van der Waals surface area (Å²) in [6.07, 6.45) is 0.771. The summed E-state index contributed by atoms with van der Waals surface area (Å²) in [6.45, 7) is 0.575. The summed E-state index contributed by atoms with van der Waals surface area (Å²) in [6, 6.07) is 17.6. The first kappa shape index (κ1) is 17.4. The Bertz CT molecular complexity index is 831. The first-order chi connectivity index (χ1) is 12.1. The van der Waals surface area contributed by atoms with Gasteiger partial charge in [-0.2, -0.15) is 4.98 Å². The highest BCUT2D eigenvalue weighted by Gasteiger charge is 2.13. The molecule has 0 bridgehead atoms. The molecule has 0 saturated heterocycles. The van der Waals surface area contributed by atoms with Crippen molar-refractivity contribution in [2.75, 3.05) is 7.05 Å². The number of amides is 1. The molecule has 2 aromatic carbocycles. The van der Waals surface area contributed by atoms with Crippen LogP contribution in [-0.2, 0) is 17.8 Å². The van der Waals surface area contributed by atoms with Crippen molar-refractivity contribution in [1.82, 2.24) is 15.0 Å². The molecule has 0 unspecified atom stereocenters. The van der Waals surface area contributed by atoms with Crippen molar-refractivity contribution in [3.63, 3.8) is 0 Å². The molecule has 0 aliphatic heterocycles. The normalized spacial score (nSPS) is 10.6. The molecule has 0 fully saturated rings. The number of aromatic nitrogens is 2. The van der Waals surface area contributed by atoms with Crippen LogP contribution in [0.2, 0.25) is 0 Å². The second-order valence-corrected chi connectivity index (χ2v) is 6.67. The summed E-state index contributed by atoms with van der Waals surface area (Å²) < 4.78 is 6.27. The SMILES string of the molecule is CN(Cc1ccc(Br)cc1)C(=O)CCc1nc(-c2ccccc2)no1. The number of rotatable bonds is 6. The summed E-state index contributed by atoms with van der Waals surface area (Å²) in [5, 5.41) is 3.97. The second kappa shape index (κ2) is 8.07. The summed E-state index contributed by atoms with van der Waals surface area (Å²) in [5.74, 6) is 1.07. The van der Waals surface area contributed by atoms with Crippen molar-refractivity contribution in [1.29, 1.82) is 0 Å². The van der Waals surface area contributed by atoms with Crippen LogP contribution in [-0.4, -0.2) is 28.0 Å². The summed E-state index contributed by atoms with van der Waals surface area (Å²) in [4.78, 5) is 18.3. The van der Waals surface area contributed by atoms with Crippen LogP contribution in [0, 0.1) is 0 Å². The maximum atomic E-state index is 12.3. The molecular weight excluding hydrogens is 382 g/mol. The number of hydrogen-bond donors (Lipinski definition) is 0. The number of carbonyl (C=O) groups excluding carboxylic acids is 1. The van der Waals surface area contributed by atoms with E-state index in [0.29, 0.717) is 31.1 Å². The lowest BCUT2D eigenvalue weighted by atomic mass is 10.2. The van der Waals surface area contributed by atoms with Crippen molar-refractivity contribution >= 4 is 21.8 Å². The standard InChI is InChI=1S/C19H18BrN3O2/c1-23(13-14-7-9-16(20)10-8-14)18(24)12-11-17-21-19(22-25-17)15-5-3-2-4-6-15/h2-10H,11-13H2,1H3. The smallest absolute Gasteiger partial charge is 0.227 e. The Balaban J connectivity index is 1.53. The van der Waals surface area contributed by atoms with E-state index in [2.05, 4.69) is 26.1 Å². The number of nitrogens with zero attached hydrogens (tertiary/aromatic N) is 3. The molecule has 1 amide bonds. The molecule has 0 aliphatic carbocycles. The minimum Gasteiger partial charge on any atom is -0.341 e. The van der Waals surface area contributed by atoms with Crippen molar-refractivity contribution in [2.45, 2.75) is 19.4 Å². The van der Waals surface area contributed by atoms with Gasteiger partial charge in [0, 0.05) is 36.5 Å². The molecule has 1 heterocycles. The Hall–Kier alpha value is -2.47. The zero-order valence-electron chi connectivity index (χ0n) is 13.9. The van der Waals surface area contributed by atoms with Gasteiger partial charge in [-0.15, -0.1) is 0 Å². The van der Waals surface area contributed by atoms with Gasteiger partial charge in [-0.1, -0.05) is 63.6 Å². The van der Waals surface area contributed by atoms with Gasteiger partial charge in [-0.25, -0.2) is 0 Å². The second-order valence-electron chi connectivity index (χ2n) is 5.75. The molecule has 0 aliphatic rings. The van der Waals surface area contributed by atoms with Gasteiger partial charge in [-0.3, -0.25) is 4.79 Å². The summed E-state index contributed by atoms with van der Waals surface area (Å²) in [7, 11) is 1.80. The molecule has 5 nitrogen and oxygen atoms in total. The third kappa shape index (κ3) is 4.76. The van der Waals surface area contributed by atoms with Crippen LogP contribution in [0.3, 0.4) is 0 Å². The number of aryl methyl sites for hydroxylation is 1. The van der Waals surface area contributed by atoms with Gasteiger partial charge in [0.15, 0.2) is 0 Å². The summed E-state index contributed by atoms with van der Waals surface area (Å²) in [5.41, 5.74) is 1.99. The molecule has 25 heavy (non-hydrogen) atoms. The third-order valence-electron chi connectivity index (χ3n) is 3.81. The molecule has 6 heteroatoms. The van der Waals surface area contributed by atoms with Crippen LogP contribution in [0.25, 0.3) is 11.4 Å². The first-order valence-corrected chi connectivity index (χ1v) is 8.77. The number of hydrogen-bond acceptors (Lipinski definition) is 4. The van der Waals surface area contributed by atoms with Gasteiger partial charge in [0.25, 0.3) is 0 Å². The van der Waals surface area contributed by atoms with E-state index in [-0.39, 0.29) is 5.91 Å². The zero-order valence-corrected chi connectivity index (χ0v) is 15.4. The van der Waals surface area contributed by atoms with Crippen LogP contribution in [0.1, 0.15) is 17.9 Å². The van der Waals surface area contributed by atoms with Crippen LogP contribution >= 0.6 is 15.9 Å². The molecule has 1 aromatic heterocycles. The maximum Gasteiger partial charge on any atom is 0.227 e. The lowest BCUT2D eigenvalue weighted by Crippen LogP contribution is -2.26. The molecule has 0 N–H and O–H groups in total. The van der Waals surface area contributed by atoms with E-state index in [1.54, 1.807) is 11.9 Å². The molecule has 128 valence electrons. The van der Waals surface area contributed by atoms with Crippen molar-refractivity contribution < 1.29 is 9.32 Å². The third-order valence-corrected chi connectivity index (χ3v) is 4.34. The molecule has 3 rings (SSSR count). The number of halogens is 1. The minimum absolute atomic E-state index is 0.0439. The van der Waals surface area contributed by atoms with Gasteiger partial charge in [0.1, 0.15) is 0 Å². The van der Waals surface area contributed by atoms with Gasteiger partial charge in [0.2, 0.25) is 17.6 Å².